The van der Waals surface area contributed by atoms with Crippen LogP contribution in [0, 0.1) is 10.1 Å². The maximum atomic E-state index is 13.4. The molecule has 0 saturated heterocycles. The summed E-state index contributed by atoms with van der Waals surface area (Å²) in [5.41, 5.74) is 1.07. The number of anilines is 1. The first-order valence-corrected chi connectivity index (χ1v) is 11.7. The van der Waals surface area contributed by atoms with Gasteiger partial charge in [0.05, 0.1) is 15.1 Å². The summed E-state index contributed by atoms with van der Waals surface area (Å²) in [7, 11) is 0. The van der Waals surface area contributed by atoms with Crippen molar-refractivity contribution in [3.05, 3.63) is 58.1 Å². The van der Waals surface area contributed by atoms with E-state index in [1.165, 1.54) is 29.5 Å². The number of carbonyl (C=O) groups excluding carboxylic acids is 1. The zero-order valence-corrected chi connectivity index (χ0v) is 20.1. The minimum absolute atomic E-state index is 0. The largest absolute Gasteiger partial charge is 0.302 e. The summed E-state index contributed by atoms with van der Waals surface area (Å²) in [4.78, 5) is 33.8. The summed E-state index contributed by atoms with van der Waals surface area (Å²) < 4.78 is 1.01. The van der Waals surface area contributed by atoms with Crippen molar-refractivity contribution < 1.29 is 9.72 Å². The quantitative estimate of drug-likeness (QED) is 0.234. The average Bonchev–Trinajstić information content (AvgIpc) is 3.20. The lowest BCUT2D eigenvalue weighted by Crippen LogP contribution is -2.38. The Morgan fingerprint density at radius 1 is 1.16 bits per heavy atom. The first-order valence-electron chi connectivity index (χ1n) is 9.70. The van der Waals surface area contributed by atoms with Gasteiger partial charge in [0.25, 0.3) is 11.6 Å². The Morgan fingerprint density at radius 2 is 1.87 bits per heavy atom. The van der Waals surface area contributed by atoms with E-state index in [1.54, 1.807) is 22.7 Å². The van der Waals surface area contributed by atoms with Crippen molar-refractivity contribution in [2.24, 2.45) is 0 Å². The van der Waals surface area contributed by atoms with Gasteiger partial charge >= 0.3 is 0 Å². The Hall–Kier alpha value is -2.20. The Labute approximate surface area is 196 Å². The molecule has 166 valence electrons. The van der Waals surface area contributed by atoms with E-state index in [2.05, 4.69) is 18.7 Å². The number of hydrogen-bond acceptors (Lipinski definition) is 7. The summed E-state index contributed by atoms with van der Waals surface area (Å²) in [5, 5.41) is 11.8. The van der Waals surface area contributed by atoms with Crippen LogP contribution in [-0.2, 0) is 0 Å². The number of fused-ring (bicyclic) bond motifs is 1. The highest BCUT2D eigenvalue weighted by Crippen LogP contribution is 2.34. The van der Waals surface area contributed by atoms with E-state index in [4.69, 9.17) is 4.98 Å². The highest BCUT2D eigenvalue weighted by atomic mass is 35.5. The number of hydrogen-bond donors (Lipinski definition) is 0. The number of carbonyl (C=O) groups is 1. The second-order valence-electron chi connectivity index (χ2n) is 6.59. The molecule has 10 heteroatoms. The molecule has 0 N–H and O–H groups in total. The van der Waals surface area contributed by atoms with Crippen LogP contribution >= 0.6 is 35.5 Å². The highest BCUT2D eigenvalue weighted by Gasteiger charge is 2.23. The fourth-order valence-corrected chi connectivity index (χ4v) is 4.81. The molecule has 1 heterocycles. The van der Waals surface area contributed by atoms with Crippen LogP contribution in [0.25, 0.3) is 10.2 Å². The molecular weight excluding hydrogens is 456 g/mol. The van der Waals surface area contributed by atoms with Gasteiger partial charge in [-0.25, -0.2) is 4.98 Å². The van der Waals surface area contributed by atoms with Crippen LogP contribution in [0.1, 0.15) is 24.2 Å². The van der Waals surface area contributed by atoms with Crippen molar-refractivity contribution in [3.63, 3.8) is 0 Å². The van der Waals surface area contributed by atoms with Crippen LogP contribution in [-0.4, -0.2) is 53.1 Å². The zero-order valence-electron chi connectivity index (χ0n) is 17.6. The lowest BCUT2D eigenvalue weighted by Gasteiger charge is -2.24. The Morgan fingerprint density at radius 3 is 2.52 bits per heavy atom. The molecule has 0 spiro atoms. The predicted molar refractivity (Wildman–Crippen MR) is 131 cm³/mol. The lowest BCUT2D eigenvalue weighted by molar-refractivity contribution is -0.384. The molecule has 0 atom stereocenters. The van der Waals surface area contributed by atoms with Gasteiger partial charge in [-0.2, -0.15) is 0 Å². The second-order valence-corrected chi connectivity index (χ2v) is 8.45. The molecule has 2 aromatic carbocycles. The molecule has 0 bridgehead atoms. The number of aromatic nitrogens is 1. The predicted octanol–water partition coefficient (Wildman–Crippen LogP) is 5.34. The third-order valence-corrected chi connectivity index (χ3v) is 6.72. The van der Waals surface area contributed by atoms with Crippen molar-refractivity contribution in [2.75, 3.05) is 37.3 Å². The lowest BCUT2D eigenvalue weighted by atomic mass is 10.2. The fourth-order valence-electron chi connectivity index (χ4n) is 3.17. The van der Waals surface area contributed by atoms with Crippen LogP contribution in [0.5, 0.6) is 0 Å². The number of thioether (sulfide) groups is 1. The van der Waals surface area contributed by atoms with Crippen LogP contribution in [0.4, 0.5) is 10.8 Å². The van der Waals surface area contributed by atoms with E-state index >= 15 is 0 Å². The normalized spacial score (nSPS) is 10.8. The molecular formula is C21H25ClN4O3S2. The van der Waals surface area contributed by atoms with Gasteiger partial charge in [-0.05, 0) is 37.5 Å². The van der Waals surface area contributed by atoms with Crippen LogP contribution in [0.15, 0.2) is 47.4 Å². The molecule has 7 nitrogen and oxygen atoms in total. The number of nitro groups is 1. The number of halogens is 1. The van der Waals surface area contributed by atoms with Gasteiger partial charge in [0.2, 0.25) is 0 Å². The van der Waals surface area contributed by atoms with Crippen molar-refractivity contribution in [1.29, 1.82) is 0 Å². The molecule has 0 fully saturated rings. The minimum atomic E-state index is -0.487. The molecule has 1 aromatic heterocycles. The van der Waals surface area contributed by atoms with Crippen LogP contribution in [0.3, 0.4) is 0 Å². The second kappa shape index (κ2) is 11.4. The molecule has 0 aliphatic carbocycles. The number of nitrogens with zero attached hydrogens (tertiary/aromatic N) is 4. The number of para-hydroxylation sites is 1. The molecule has 3 rings (SSSR count). The Kier molecular flexibility index (Phi) is 9.24. The molecule has 3 aromatic rings. The Bertz CT molecular complexity index is 1060. The molecule has 0 radical (unpaired) electrons. The summed E-state index contributed by atoms with van der Waals surface area (Å²) >= 11 is 3.08. The summed E-state index contributed by atoms with van der Waals surface area (Å²) in [6.45, 7) is 7.07. The first-order chi connectivity index (χ1) is 14.5. The third kappa shape index (κ3) is 5.74. The number of likely N-dealkylation sites (N-methyl/N-ethyl adjacent to an activating group) is 1. The Balaban J connectivity index is 0.00000341. The molecule has 31 heavy (non-hydrogen) atoms. The van der Waals surface area contributed by atoms with Gasteiger partial charge in [-0.3, -0.25) is 19.8 Å². The van der Waals surface area contributed by atoms with Gasteiger partial charge in [0.1, 0.15) is 0 Å². The van der Waals surface area contributed by atoms with E-state index in [0.717, 1.165) is 28.2 Å². The number of benzene rings is 2. The van der Waals surface area contributed by atoms with E-state index in [9.17, 15) is 14.9 Å². The van der Waals surface area contributed by atoms with E-state index in [1.807, 2.05) is 24.5 Å². The fraction of sp³-hybridized carbons (Fsp3) is 0.333. The van der Waals surface area contributed by atoms with Crippen molar-refractivity contribution >= 4 is 62.4 Å². The molecule has 1 amide bonds. The first kappa shape index (κ1) is 25.1. The van der Waals surface area contributed by atoms with Crippen molar-refractivity contribution in [2.45, 2.75) is 18.7 Å². The average molecular weight is 481 g/mol. The number of nitro benzene ring substituents is 1. The van der Waals surface area contributed by atoms with Crippen LogP contribution < -0.4 is 4.90 Å². The number of non-ortho nitro benzene ring substituents is 1. The summed E-state index contributed by atoms with van der Waals surface area (Å²) in [6.07, 6.45) is 2.00. The monoisotopic (exact) mass is 480 g/mol. The molecule has 0 saturated carbocycles. The van der Waals surface area contributed by atoms with Crippen molar-refractivity contribution in [3.8, 4) is 0 Å². The maximum absolute atomic E-state index is 13.4. The van der Waals surface area contributed by atoms with Crippen LogP contribution in [0.2, 0.25) is 0 Å². The highest BCUT2D eigenvalue weighted by molar-refractivity contribution is 7.98. The molecule has 0 aliphatic heterocycles. The zero-order chi connectivity index (χ0) is 21.7. The summed E-state index contributed by atoms with van der Waals surface area (Å²) in [6, 6.07) is 11.9. The number of rotatable bonds is 9. The molecule has 0 unspecified atom stereocenters. The van der Waals surface area contributed by atoms with Gasteiger partial charge < -0.3 is 4.90 Å². The number of amides is 1. The van der Waals surface area contributed by atoms with Gasteiger partial charge in [0.15, 0.2) is 5.13 Å². The number of thiazole rings is 1. The van der Waals surface area contributed by atoms with Crippen molar-refractivity contribution in [1.82, 2.24) is 9.88 Å². The van der Waals surface area contributed by atoms with E-state index in [-0.39, 0.29) is 29.6 Å². The third-order valence-electron chi connectivity index (χ3n) is 4.90. The summed E-state index contributed by atoms with van der Waals surface area (Å²) in [5.74, 6) is -0.282. The SMILES string of the molecule is CCN(CC)CCN(C(=O)c1cccc([N+](=O)[O-])c1)c1nc2c(SC)cccc2s1.Cl. The van der Waals surface area contributed by atoms with E-state index < -0.39 is 4.92 Å². The van der Waals surface area contributed by atoms with Gasteiger partial charge in [-0.1, -0.05) is 37.3 Å². The standard InChI is InChI=1S/C21H24N4O3S2.ClH/c1-4-23(5-2)12-13-24(20(26)15-8-6-9-16(14-15)25(27)28)21-22-19-17(29-3)10-7-11-18(19)30-21;/h6-11,14H,4-5,12-13H2,1-3H3;1H. The maximum Gasteiger partial charge on any atom is 0.270 e. The van der Waals surface area contributed by atoms with E-state index in [0.29, 0.717) is 18.2 Å². The smallest absolute Gasteiger partial charge is 0.270 e. The topological polar surface area (TPSA) is 79.6 Å². The van der Waals surface area contributed by atoms with Gasteiger partial charge in [-0.15, -0.1) is 24.2 Å². The molecule has 0 aliphatic rings. The minimum Gasteiger partial charge on any atom is -0.302 e. The van der Waals surface area contributed by atoms with Gasteiger partial charge in [0, 0.05) is 35.7 Å².